The summed E-state index contributed by atoms with van der Waals surface area (Å²) in [6.45, 7) is 0. The molecule has 2 fully saturated rings. The Morgan fingerprint density at radius 3 is 2.17 bits per heavy atom. The predicted octanol–water partition coefficient (Wildman–Crippen LogP) is 3.71. The van der Waals surface area contributed by atoms with Gasteiger partial charge < -0.3 is 10.3 Å². The highest BCUT2D eigenvalue weighted by atomic mass is 15.1. The molecule has 0 spiro atoms. The number of imidazole rings is 1. The summed E-state index contributed by atoms with van der Waals surface area (Å²) >= 11 is 0. The molecule has 0 atom stereocenters. The first-order chi connectivity index (χ1) is 8.77. The van der Waals surface area contributed by atoms with E-state index in [2.05, 4.69) is 11.6 Å². The molecule has 3 heteroatoms. The lowest BCUT2D eigenvalue weighted by atomic mass is 9.87. The lowest BCUT2D eigenvalue weighted by molar-refractivity contribution is 0.438. The zero-order chi connectivity index (χ0) is 12.5. The Morgan fingerprint density at radius 1 is 0.944 bits per heavy atom. The van der Waals surface area contributed by atoms with E-state index < -0.39 is 0 Å². The van der Waals surface area contributed by atoms with E-state index in [4.69, 9.17) is 10.7 Å². The summed E-state index contributed by atoms with van der Waals surface area (Å²) in [4.78, 5) is 4.95. The van der Waals surface area contributed by atoms with Crippen LogP contribution in [0.4, 0.5) is 5.82 Å². The third-order valence-electron chi connectivity index (χ3n) is 4.91. The lowest BCUT2D eigenvalue weighted by Gasteiger charge is -2.20. The number of hydrogen-bond acceptors (Lipinski definition) is 2. The van der Waals surface area contributed by atoms with Gasteiger partial charge >= 0.3 is 0 Å². The number of anilines is 1. The Hall–Kier alpha value is -0.990. The number of rotatable bonds is 2. The van der Waals surface area contributed by atoms with Crippen LogP contribution in [0.1, 0.15) is 81.1 Å². The van der Waals surface area contributed by atoms with Gasteiger partial charge in [0.2, 0.25) is 0 Å². The second-order valence-electron chi connectivity index (χ2n) is 6.12. The molecule has 2 aliphatic carbocycles. The van der Waals surface area contributed by atoms with Crippen LogP contribution >= 0.6 is 0 Å². The van der Waals surface area contributed by atoms with E-state index in [0.717, 1.165) is 5.82 Å². The first kappa shape index (κ1) is 12.1. The van der Waals surface area contributed by atoms with E-state index in [1.54, 1.807) is 0 Å². The zero-order valence-corrected chi connectivity index (χ0v) is 11.5. The summed E-state index contributed by atoms with van der Waals surface area (Å²) in [5, 5.41) is 0. The van der Waals surface area contributed by atoms with Crippen molar-refractivity contribution in [3.05, 3.63) is 11.5 Å². The summed E-state index contributed by atoms with van der Waals surface area (Å²) in [5.74, 6) is 3.48. The first-order valence-electron chi connectivity index (χ1n) is 7.59. The summed E-state index contributed by atoms with van der Waals surface area (Å²) < 4.78 is 2.17. The first-order valence-corrected chi connectivity index (χ1v) is 7.59. The van der Waals surface area contributed by atoms with Crippen molar-refractivity contribution in [2.45, 2.75) is 69.6 Å². The van der Waals surface area contributed by atoms with Crippen LogP contribution in [0.5, 0.6) is 0 Å². The molecule has 3 nitrogen and oxygen atoms in total. The van der Waals surface area contributed by atoms with Crippen LogP contribution in [0.2, 0.25) is 0 Å². The number of nitrogens with zero attached hydrogens (tertiary/aromatic N) is 2. The molecule has 18 heavy (non-hydrogen) atoms. The average Bonchev–Trinajstić information content (AvgIpc) is 3.01. The van der Waals surface area contributed by atoms with Crippen molar-refractivity contribution < 1.29 is 0 Å². The summed E-state index contributed by atoms with van der Waals surface area (Å²) in [7, 11) is 2.10. The van der Waals surface area contributed by atoms with Crippen molar-refractivity contribution in [3.63, 3.8) is 0 Å². The maximum Gasteiger partial charge on any atom is 0.126 e. The van der Waals surface area contributed by atoms with Gasteiger partial charge in [-0.05, 0) is 25.7 Å². The number of nitrogens with two attached hydrogens (primary N) is 1. The lowest BCUT2D eigenvalue weighted by Crippen LogP contribution is -2.08. The highest BCUT2D eigenvalue weighted by Gasteiger charge is 2.27. The van der Waals surface area contributed by atoms with Crippen LogP contribution in [0.3, 0.4) is 0 Å². The average molecular weight is 247 g/mol. The van der Waals surface area contributed by atoms with Crippen molar-refractivity contribution in [1.82, 2.24) is 9.55 Å². The fraction of sp³-hybridized carbons (Fsp3) is 0.800. The van der Waals surface area contributed by atoms with Crippen LogP contribution in [0.25, 0.3) is 0 Å². The molecule has 0 aliphatic heterocycles. The minimum absolute atomic E-state index is 0.625. The minimum Gasteiger partial charge on any atom is -0.384 e. The SMILES string of the molecule is Cn1c(C2CCCC2)nc(C2CCCCC2)c1N. The molecule has 3 rings (SSSR count). The molecule has 0 radical (unpaired) electrons. The van der Waals surface area contributed by atoms with Gasteiger partial charge in [0.1, 0.15) is 11.6 Å². The van der Waals surface area contributed by atoms with Crippen LogP contribution in [0, 0.1) is 0 Å². The maximum atomic E-state index is 6.30. The molecule has 0 amide bonds. The fourth-order valence-electron chi connectivity index (χ4n) is 3.78. The van der Waals surface area contributed by atoms with Gasteiger partial charge in [-0.15, -0.1) is 0 Å². The molecule has 0 bridgehead atoms. The maximum absolute atomic E-state index is 6.30. The highest BCUT2D eigenvalue weighted by molar-refractivity contribution is 5.41. The molecule has 2 saturated carbocycles. The molecule has 0 saturated heterocycles. The van der Waals surface area contributed by atoms with Gasteiger partial charge in [0.05, 0.1) is 5.69 Å². The van der Waals surface area contributed by atoms with Crippen molar-refractivity contribution in [2.75, 3.05) is 5.73 Å². The Kier molecular flexibility index (Phi) is 3.31. The van der Waals surface area contributed by atoms with E-state index in [-0.39, 0.29) is 0 Å². The van der Waals surface area contributed by atoms with Crippen molar-refractivity contribution in [1.29, 1.82) is 0 Å². The van der Waals surface area contributed by atoms with E-state index in [1.807, 2.05) is 0 Å². The fourth-order valence-corrected chi connectivity index (χ4v) is 3.78. The smallest absolute Gasteiger partial charge is 0.126 e. The van der Waals surface area contributed by atoms with Crippen molar-refractivity contribution in [2.24, 2.45) is 7.05 Å². The molecule has 1 aromatic heterocycles. The Morgan fingerprint density at radius 2 is 1.50 bits per heavy atom. The normalized spacial score (nSPS) is 22.7. The second kappa shape index (κ2) is 4.94. The molecule has 2 aliphatic rings. The van der Waals surface area contributed by atoms with Gasteiger partial charge in [-0.3, -0.25) is 0 Å². The number of nitrogen functional groups attached to an aromatic ring is 1. The van der Waals surface area contributed by atoms with Gasteiger partial charge in [-0.2, -0.15) is 0 Å². The highest BCUT2D eigenvalue weighted by Crippen LogP contribution is 2.39. The summed E-state index contributed by atoms with van der Waals surface area (Å²) in [6, 6.07) is 0. The Bertz CT molecular complexity index is 410. The summed E-state index contributed by atoms with van der Waals surface area (Å²) in [5.41, 5.74) is 7.51. The third kappa shape index (κ3) is 2.04. The Labute approximate surface area is 110 Å². The molecule has 0 unspecified atom stereocenters. The van der Waals surface area contributed by atoms with Crippen molar-refractivity contribution >= 4 is 5.82 Å². The molecule has 1 heterocycles. The van der Waals surface area contributed by atoms with Gasteiger partial charge in [0.15, 0.2) is 0 Å². The van der Waals surface area contributed by atoms with Gasteiger partial charge in [-0.25, -0.2) is 4.98 Å². The van der Waals surface area contributed by atoms with E-state index in [9.17, 15) is 0 Å². The molecular formula is C15H25N3. The molecule has 100 valence electrons. The third-order valence-corrected chi connectivity index (χ3v) is 4.91. The Balaban J connectivity index is 1.88. The standard InChI is InChI=1S/C15H25N3/c1-18-14(16)13(11-7-3-2-4-8-11)17-15(18)12-9-5-6-10-12/h11-12H,2-10,16H2,1H3. The van der Waals surface area contributed by atoms with Crippen molar-refractivity contribution in [3.8, 4) is 0 Å². The number of aromatic nitrogens is 2. The van der Waals surface area contributed by atoms with E-state index in [0.29, 0.717) is 11.8 Å². The van der Waals surface area contributed by atoms with Crippen LogP contribution < -0.4 is 5.73 Å². The van der Waals surface area contributed by atoms with Gasteiger partial charge in [-0.1, -0.05) is 32.1 Å². The topological polar surface area (TPSA) is 43.8 Å². The van der Waals surface area contributed by atoms with Crippen LogP contribution in [-0.2, 0) is 7.05 Å². The van der Waals surface area contributed by atoms with E-state index >= 15 is 0 Å². The minimum atomic E-state index is 0.625. The molecule has 2 N–H and O–H groups in total. The van der Waals surface area contributed by atoms with Crippen LogP contribution in [0.15, 0.2) is 0 Å². The second-order valence-corrected chi connectivity index (χ2v) is 6.12. The van der Waals surface area contributed by atoms with Crippen LogP contribution in [-0.4, -0.2) is 9.55 Å². The van der Waals surface area contributed by atoms with Gasteiger partial charge in [0, 0.05) is 18.9 Å². The largest absolute Gasteiger partial charge is 0.384 e. The molecule has 1 aromatic rings. The zero-order valence-electron chi connectivity index (χ0n) is 11.5. The quantitative estimate of drug-likeness (QED) is 0.865. The predicted molar refractivity (Wildman–Crippen MR) is 74.7 cm³/mol. The number of hydrogen-bond donors (Lipinski definition) is 1. The van der Waals surface area contributed by atoms with E-state index in [1.165, 1.54) is 69.3 Å². The molecular weight excluding hydrogens is 222 g/mol. The summed E-state index contributed by atoms with van der Waals surface area (Å²) in [6.07, 6.45) is 12.0. The monoisotopic (exact) mass is 247 g/mol. The molecule has 0 aromatic carbocycles. The van der Waals surface area contributed by atoms with Gasteiger partial charge in [0.25, 0.3) is 0 Å².